The fourth-order valence-corrected chi connectivity index (χ4v) is 4.75. The van der Waals surface area contributed by atoms with Crippen molar-refractivity contribution in [2.24, 2.45) is 11.7 Å². The van der Waals surface area contributed by atoms with Gasteiger partial charge in [-0.15, -0.1) is 0 Å². The number of carbonyl (C=O) groups excluding carboxylic acids is 2. The van der Waals surface area contributed by atoms with Gasteiger partial charge in [-0.3, -0.25) is 9.59 Å². The first-order valence-electron chi connectivity index (χ1n) is 12.5. The van der Waals surface area contributed by atoms with Gasteiger partial charge >= 0.3 is 5.97 Å². The molecule has 3 fully saturated rings. The van der Waals surface area contributed by atoms with E-state index in [9.17, 15) is 14.7 Å². The number of carbonyl (C=O) groups is 2. The Morgan fingerprint density at radius 3 is 2.69 bits per heavy atom. The van der Waals surface area contributed by atoms with Gasteiger partial charge in [-0.05, 0) is 38.7 Å². The third-order valence-electron chi connectivity index (χ3n) is 6.88. The molecule has 1 spiro atoms. The maximum atomic E-state index is 12.3. The van der Waals surface area contributed by atoms with Crippen LogP contribution in [0.25, 0.3) is 0 Å². The van der Waals surface area contributed by atoms with E-state index in [0.717, 1.165) is 12.8 Å². The summed E-state index contributed by atoms with van der Waals surface area (Å²) in [6.45, 7) is 8.06. The van der Waals surface area contributed by atoms with Crippen molar-refractivity contribution in [1.29, 1.82) is 0 Å². The third-order valence-corrected chi connectivity index (χ3v) is 6.88. The number of hydrogen-bond acceptors (Lipinski definition) is 8. The summed E-state index contributed by atoms with van der Waals surface area (Å²) < 4.78 is 22.6. The molecule has 9 atom stereocenters. The van der Waals surface area contributed by atoms with Crippen LogP contribution in [0.15, 0.2) is 36.5 Å². The molecule has 3 aliphatic rings. The molecule has 0 aromatic heterocycles. The predicted molar refractivity (Wildman–Crippen MR) is 130 cm³/mol. The van der Waals surface area contributed by atoms with Crippen molar-refractivity contribution in [3.63, 3.8) is 0 Å². The minimum Gasteiger partial charge on any atom is -0.459 e. The highest BCUT2D eigenvalue weighted by molar-refractivity contribution is 5.87. The molecule has 0 aromatic carbocycles. The molecule has 3 aliphatic heterocycles. The predicted octanol–water partition coefficient (Wildman–Crippen LogP) is 1.54. The zero-order chi connectivity index (χ0) is 25.6. The number of allylic oxidation sites excluding steroid dienone is 2. The van der Waals surface area contributed by atoms with Crippen LogP contribution in [0, 0.1) is 5.92 Å². The summed E-state index contributed by atoms with van der Waals surface area (Å²) in [6, 6.07) is -0.0938. The molecule has 0 saturated carbocycles. The molecule has 0 unspecified atom stereocenters. The minimum atomic E-state index is -0.690. The van der Waals surface area contributed by atoms with Crippen LogP contribution in [0.3, 0.4) is 0 Å². The summed E-state index contributed by atoms with van der Waals surface area (Å²) in [5.41, 5.74) is 5.27. The summed E-state index contributed by atoms with van der Waals surface area (Å²) in [5, 5.41) is 13.5. The molecule has 0 aliphatic carbocycles. The van der Waals surface area contributed by atoms with Crippen molar-refractivity contribution in [2.45, 2.75) is 95.2 Å². The highest BCUT2D eigenvalue weighted by Gasteiger charge is 2.58. The van der Waals surface area contributed by atoms with Crippen molar-refractivity contribution in [3.8, 4) is 0 Å². The lowest BCUT2D eigenvalue weighted by Crippen LogP contribution is -2.51. The molecule has 196 valence electrons. The van der Waals surface area contributed by atoms with E-state index >= 15 is 0 Å². The fourth-order valence-electron chi connectivity index (χ4n) is 4.75. The molecule has 3 heterocycles. The lowest BCUT2D eigenvalue weighted by atomic mass is 9.88. The van der Waals surface area contributed by atoms with Gasteiger partial charge in [0, 0.05) is 26.0 Å². The topological polar surface area (TPSA) is 133 Å². The summed E-state index contributed by atoms with van der Waals surface area (Å²) in [6.07, 6.45) is 11.1. The Balaban J connectivity index is 1.43. The fraction of sp³-hybridized carbons (Fsp3) is 0.692. The third kappa shape index (κ3) is 7.72. The molecular weight excluding hydrogens is 452 g/mol. The van der Waals surface area contributed by atoms with Gasteiger partial charge in [-0.1, -0.05) is 31.2 Å². The molecule has 0 bridgehead atoms. The number of nitrogens with one attached hydrogen (secondary N) is 1. The second-order valence-corrected chi connectivity index (χ2v) is 9.89. The number of nitrogens with two attached hydrogens (primary N) is 1. The quantitative estimate of drug-likeness (QED) is 0.191. The van der Waals surface area contributed by atoms with E-state index in [4.69, 9.17) is 24.7 Å². The zero-order valence-electron chi connectivity index (χ0n) is 21.1. The molecule has 0 aromatic rings. The minimum absolute atomic E-state index is 0.0450. The summed E-state index contributed by atoms with van der Waals surface area (Å²) in [7, 11) is 0. The van der Waals surface area contributed by atoms with Crippen LogP contribution in [0.1, 0.15) is 47.0 Å². The smallest absolute Gasteiger partial charge is 0.303 e. The van der Waals surface area contributed by atoms with Gasteiger partial charge in [-0.2, -0.15) is 0 Å². The van der Waals surface area contributed by atoms with Gasteiger partial charge in [0.15, 0.2) is 0 Å². The highest BCUT2D eigenvalue weighted by Crippen LogP contribution is 2.42. The van der Waals surface area contributed by atoms with E-state index in [2.05, 4.69) is 12.2 Å². The van der Waals surface area contributed by atoms with E-state index in [1.165, 1.54) is 13.0 Å². The molecule has 1 amide bonds. The van der Waals surface area contributed by atoms with Gasteiger partial charge in [0.25, 0.3) is 0 Å². The Morgan fingerprint density at radius 2 is 2.03 bits per heavy atom. The number of amides is 1. The Morgan fingerprint density at radius 1 is 1.29 bits per heavy atom. The molecule has 0 radical (unpaired) electrons. The van der Waals surface area contributed by atoms with Gasteiger partial charge in [0.2, 0.25) is 5.91 Å². The van der Waals surface area contributed by atoms with Crippen LogP contribution in [0.5, 0.6) is 0 Å². The number of epoxide rings is 1. The van der Waals surface area contributed by atoms with E-state index in [1.54, 1.807) is 13.0 Å². The van der Waals surface area contributed by atoms with Crippen molar-refractivity contribution >= 4 is 11.9 Å². The largest absolute Gasteiger partial charge is 0.459 e. The second kappa shape index (κ2) is 12.3. The first-order chi connectivity index (χ1) is 16.6. The summed E-state index contributed by atoms with van der Waals surface area (Å²) in [4.78, 5) is 23.2. The Hall–Kier alpha value is -2.04. The summed E-state index contributed by atoms with van der Waals surface area (Å²) in [5.74, 6) is -0.361. The van der Waals surface area contributed by atoms with Gasteiger partial charge in [0.1, 0.15) is 23.9 Å². The number of aliphatic hydroxyl groups is 1. The Kier molecular flexibility index (Phi) is 9.66. The van der Waals surface area contributed by atoms with Crippen molar-refractivity contribution < 1.29 is 33.6 Å². The van der Waals surface area contributed by atoms with E-state index in [-0.39, 0.29) is 42.1 Å². The zero-order valence-corrected chi connectivity index (χ0v) is 21.1. The molecule has 3 rings (SSSR count). The lowest BCUT2D eigenvalue weighted by Gasteiger charge is -2.39. The Bertz CT molecular complexity index is 823. The van der Waals surface area contributed by atoms with Crippen LogP contribution >= 0.6 is 0 Å². The first-order valence-corrected chi connectivity index (χ1v) is 12.5. The highest BCUT2D eigenvalue weighted by atomic mass is 16.6. The maximum absolute atomic E-state index is 12.3. The van der Waals surface area contributed by atoms with Crippen LogP contribution < -0.4 is 11.1 Å². The molecule has 35 heavy (non-hydrogen) atoms. The first kappa shape index (κ1) is 27.5. The number of esters is 1. The molecule has 9 heteroatoms. The molecule has 3 saturated heterocycles. The summed E-state index contributed by atoms with van der Waals surface area (Å²) >= 11 is 0. The normalized spacial score (nSPS) is 38.3. The monoisotopic (exact) mass is 492 g/mol. The molecule has 4 N–H and O–H groups in total. The molecule has 9 nitrogen and oxygen atoms in total. The average Bonchev–Trinajstić information content (AvgIpc) is 3.57. The van der Waals surface area contributed by atoms with Crippen molar-refractivity contribution in [2.75, 3.05) is 13.2 Å². The van der Waals surface area contributed by atoms with Crippen LogP contribution in [0.2, 0.25) is 0 Å². The maximum Gasteiger partial charge on any atom is 0.303 e. The Labute approximate surface area is 207 Å². The van der Waals surface area contributed by atoms with Crippen LogP contribution in [-0.4, -0.2) is 78.4 Å². The van der Waals surface area contributed by atoms with Crippen LogP contribution in [-0.2, 0) is 28.5 Å². The average molecular weight is 493 g/mol. The number of aliphatic hydroxyl groups excluding tert-OH is 1. The van der Waals surface area contributed by atoms with Crippen molar-refractivity contribution in [3.05, 3.63) is 36.5 Å². The van der Waals surface area contributed by atoms with Crippen molar-refractivity contribution in [1.82, 2.24) is 5.32 Å². The lowest BCUT2D eigenvalue weighted by molar-refractivity contribution is -0.143. The second-order valence-electron chi connectivity index (χ2n) is 9.89. The number of hydrogen-bond donors (Lipinski definition) is 3. The van der Waals surface area contributed by atoms with Gasteiger partial charge in [0.05, 0.1) is 31.0 Å². The van der Waals surface area contributed by atoms with Gasteiger partial charge < -0.3 is 35.1 Å². The SMILES string of the molecule is CC(=O)O[C@@H](C)C=CC(=O)N[C@@H]1C[C@H](C)[C@H](CC=CC=C[C@H]2O[C@H](CN)C[C@@]3(CO3)[C@@H]2O)O[C@@H]1C. The van der Waals surface area contributed by atoms with E-state index in [0.29, 0.717) is 19.6 Å². The van der Waals surface area contributed by atoms with E-state index < -0.39 is 23.9 Å². The van der Waals surface area contributed by atoms with E-state index in [1.807, 2.05) is 31.2 Å². The molecular formula is C26H40N2O7. The number of rotatable bonds is 9. The van der Waals surface area contributed by atoms with Crippen LogP contribution in [0.4, 0.5) is 0 Å². The number of ether oxygens (including phenoxy) is 4. The van der Waals surface area contributed by atoms with Gasteiger partial charge in [-0.25, -0.2) is 0 Å². The standard InChI is InChI=1S/C26H40N2O7/c1-16-12-21(28-24(30)11-10-17(2)33-19(4)29)18(3)34-22(16)8-6-5-7-9-23-25(31)26(15-32-26)13-20(14-27)35-23/h5-7,9-11,16-18,20-23,25,31H,8,12-15,27H2,1-4H3,(H,28,30)/t16-,17-,18+,20-,21+,22-,23+,25+,26+/m0/s1.